The number of rotatable bonds is 0. The van der Waals surface area contributed by atoms with Crippen LogP contribution < -0.4 is 0 Å². The standard InChI is InChI=1S/C13H14/c1-2-6-12-10(4-1)8-9-11-5-3-7-13(11)12/h3,5-8,13H,1-2,4,9H2. The molecule has 0 nitrogen and oxygen atoms in total. The zero-order valence-electron chi connectivity index (χ0n) is 7.79. The molecule has 0 radical (unpaired) electrons. The summed E-state index contributed by atoms with van der Waals surface area (Å²) < 4.78 is 0. The first-order chi connectivity index (χ1) is 6.45. The maximum absolute atomic E-state index is 2.45. The zero-order chi connectivity index (χ0) is 8.67. The predicted octanol–water partition coefficient (Wildman–Crippen LogP) is 3.54. The van der Waals surface area contributed by atoms with Crippen molar-refractivity contribution >= 4 is 0 Å². The van der Waals surface area contributed by atoms with Crippen LogP contribution in [-0.4, -0.2) is 0 Å². The van der Waals surface area contributed by atoms with Gasteiger partial charge in [0.15, 0.2) is 0 Å². The van der Waals surface area contributed by atoms with E-state index >= 15 is 0 Å². The Balaban J connectivity index is 2.07. The Kier molecular flexibility index (Phi) is 1.55. The predicted molar refractivity (Wildman–Crippen MR) is 55.3 cm³/mol. The second kappa shape index (κ2) is 2.73. The van der Waals surface area contributed by atoms with E-state index in [1.54, 1.807) is 16.7 Å². The third kappa shape index (κ3) is 1.05. The monoisotopic (exact) mass is 170 g/mol. The molecule has 3 aliphatic rings. The van der Waals surface area contributed by atoms with Gasteiger partial charge in [-0.3, -0.25) is 0 Å². The summed E-state index contributed by atoms with van der Waals surface area (Å²) in [6.07, 6.45) is 16.9. The van der Waals surface area contributed by atoms with Gasteiger partial charge in [0.25, 0.3) is 0 Å². The highest BCUT2D eigenvalue weighted by atomic mass is 14.3. The molecule has 0 heteroatoms. The van der Waals surface area contributed by atoms with E-state index in [1.165, 1.54) is 25.7 Å². The van der Waals surface area contributed by atoms with Crippen LogP contribution in [0.3, 0.4) is 0 Å². The molecule has 0 bridgehead atoms. The lowest BCUT2D eigenvalue weighted by Crippen LogP contribution is -2.12. The summed E-state index contributed by atoms with van der Waals surface area (Å²) >= 11 is 0. The van der Waals surface area contributed by atoms with Gasteiger partial charge >= 0.3 is 0 Å². The molecule has 0 aromatic heterocycles. The maximum atomic E-state index is 2.45. The van der Waals surface area contributed by atoms with Crippen LogP contribution in [0.5, 0.6) is 0 Å². The van der Waals surface area contributed by atoms with Crippen molar-refractivity contribution in [1.82, 2.24) is 0 Å². The molecule has 0 spiro atoms. The van der Waals surface area contributed by atoms with E-state index in [9.17, 15) is 0 Å². The van der Waals surface area contributed by atoms with Gasteiger partial charge in [0, 0.05) is 5.92 Å². The van der Waals surface area contributed by atoms with Crippen molar-refractivity contribution in [3.8, 4) is 0 Å². The minimum Gasteiger partial charge on any atom is -0.0801 e. The number of fused-ring (bicyclic) bond motifs is 3. The molecule has 0 saturated heterocycles. The quantitative estimate of drug-likeness (QED) is 0.521. The summed E-state index contributed by atoms with van der Waals surface area (Å²) in [7, 11) is 0. The van der Waals surface area contributed by atoms with Crippen LogP contribution in [0.4, 0.5) is 0 Å². The third-order valence-electron chi connectivity index (χ3n) is 3.32. The van der Waals surface area contributed by atoms with E-state index in [2.05, 4.69) is 30.4 Å². The maximum Gasteiger partial charge on any atom is 0.0237 e. The highest BCUT2D eigenvalue weighted by Gasteiger charge is 2.25. The minimum atomic E-state index is 0.653. The van der Waals surface area contributed by atoms with Gasteiger partial charge in [0.2, 0.25) is 0 Å². The average Bonchev–Trinajstić information content (AvgIpc) is 2.65. The van der Waals surface area contributed by atoms with E-state index in [-0.39, 0.29) is 0 Å². The van der Waals surface area contributed by atoms with Gasteiger partial charge in [0.1, 0.15) is 0 Å². The van der Waals surface area contributed by atoms with Gasteiger partial charge in [-0.1, -0.05) is 36.0 Å². The second-order valence-electron chi connectivity index (χ2n) is 4.09. The molecule has 0 aliphatic heterocycles. The molecule has 0 amide bonds. The molecule has 66 valence electrons. The smallest absolute Gasteiger partial charge is 0.0237 e. The van der Waals surface area contributed by atoms with Gasteiger partial charge in [-0.15, -0.1) is 0 Å². The van der Waals surface area contributed by atoms with Gasteiger partial charge in [-0.2, -0.15) is 0 Å². The van der Waals surface area contributed by atoms with Crippen LogP contribution in [0.2, 0.25) is 0 Å². The fourth-order valence-corrected chi connectivity index (χ4v) is 2.63. The number of hydrogen-bond acceptors (Lipinski definition) is 0. The molecular weight excluding hydrogens is 156 g/mol. The Morgan fingerprint density at radius 2 is 2.23 bits per heavy atom. The molecule has 1 atom stereocenters. The molecule has 3 aliphatic carbocycles. The first-order valence-electron chi connectivity index (χ1n) is 5.22. The Morgan fingerprint density at radius 1 is 1.23 bits per heavy atom. The Bertz CT molecular complexity index is 350. The van der Waals surface area contributed by atoms with Gasteiger partial charge in [-0.05, 0) is 36.8 Å². The SMILES string of the molecule is C1=CC2C(=C1)CC=C1CCCC=C12. The number of hydrogen-bond donors (Lipinski definition) is 0. The van der Waals surface area contributed by atoms with Crippen molar-refractivity contribution < 1.29 is 0 Å². The largest absolute Gasteiger partial charge is 0.0801 e. The van der Waals surface area contributed by atoms with Crippen molar-refractivity contribution in [3.05, 3.63) is 47.1 Å². The second-order valence-corrected chi connectivity index (χ2v) is 4.09. The fourth-order valence-electron chi connectivity index (χ4n) is 2.63. The molecule has 1 unspecified atom stereocenters. The Hall–Kier alpha value is -1.04. The van der Waals surface area contributed by atoms with E-state index < -0.39 is 0 Å². The molecule has 13 heavy (non-hydrogen) atoms. The first kappa shape index (κ1) is 7.37. The van der Waals surface area contributed by atoms with E-state index in [1.807, 2.05) is 0 Å². The molecule has 0 aromatic carbocycles. The van der Waals surface area contributed by atoms with Crippen LogP contribution in [0.25, 0.3) is 0 Å². The van der Waals surface area contributed by atoms with Crippen molar-refractivity contribution in [1.29, 1.82) is 0 Å². The summed E-state index contributed by atoms with van der Waals surface area (Å²) in [4.78, 5) is 0. The molecule has 0 N–H and O–H groups in total. The normalized spacial score (nSPS) is 30.2. The lowest BCUT2D eigenvalue weighted by atomic mass is 9.77. The molecule has 0 heterocycles. The van der Waals surface area contributed by atoms with E-state index in [4.69, 9.17) is 0 Å². The fraction of sp³-hybridized carbons (Fsp3) is 0.385. The summed E-state index contributed by atoms with van der Waals surface area (Å²) in [6.45, 7) is 0. The van der Waals surface area contributed by atoms with Gasteiger partial charge in [0.05, 0.1) is 0 Å². The van der Waals surface area contributed by atoms with E-state index in [0.29, 0.717) is 5.92 Å². The number of allylic oxidation sites excluding steroid dienone is 8. The molecule has 0 saturated carbocycles. The summed E-state index contributed by atoms with van der Waals surface area (Å²) in [5.74, 6) is 0.653. The van der Waals surface area contributed by atoms with Crippen LogP contribution in [-0.2, 0) is 0 Å². The lowest BCUT2D eigenvalue weighted by Gasteiger charge is -2.27. The van der Waals surface area contributed by atoms with E-state index in [0.717, 1.165) is 0 Å². The van der Waals surface area contributed by atoms with Gasteiger partial charge < -0.3 is 0 Å². The topological polar surface area (TPSA) is 0 Å². The summed E-state index contributed by atoms with van der Waals surface area (Å²) in [5.41, 5.74) is 4.83. The average molecular weight is 170 g/mol. The van der Waals surface area contributed by atoms with Crippen molar-refractivity contribution in [2.24, 2.45) is 5.92 Å². The zero-order valence-corrected chi connectivity index (χ0v) is 7.79. The molecule has 0 fully saturated rings. The highest BCUT2D eigenvalue weighted by Crippen LogP contribution is 2.41. The van der Waals surface area contributed by atoms with Crippen LogP contribution in [0, 0.1) is 5.92 Å². The molecule has 0 aromatic rings. The van der Waals surface area contributed by atoms with Crippen LogP contribution in [0.1, 0.15) is 25.7 Å². The highest BCUT2D eigenvalue weighted by molar-refractivity contribution is 5.50. The van der Waals surface area contributed by atoms with Gasteiger partial charge in [-0.25, -0.2) is 0 Å². The van der Waals surface area contributed by atoms with Crippen LogP contribution >= 0.6 is 0 Å². The van der Waals surface area contributed by atoms with Crippen molar-refractivity contribution in [3.63, 3.8) is 0 Å². The van der Waals surface area contributed by atoms with Crippen molar-refractivity contribution in [2.45, 2.75) is 25.7 Å². The third-order valence-corrected chi connectivity index (χ3v) is 3.32. The molecule has 3 rings (SSSR count). The van der Waals surface area contributed by atoms with Crippen molar-refractivity contribution in [2.75, 3.05) is 0 Å². The lowest BCUT2D eigenvalue weighted by molar-refractivity contribution is 0.727. The summed E-state index contributed by atoms with van der Waals surface area (Å²) in [6, 6.07) is 0. The first-order valence-corrected chi connectivity index (χ1v) is 5.22. The molecular formula is C13H14. The van der Waals surface area contributed by atoms with Crippen LogP contribution in [0.15, 0.2) is 47.1 Å². The minimum absolute atomic E-state index is 0.653. The Labute approximate surface area is 79.3 Å². The Morgan fingerprint density at radius 3 is 3.23 bits per heavy atom. The summed E-state index contributed by atoms with van der Waals surface area (Å²) in [5, 5.41) is 0.